The van der Waals surface area contributed by atoms with E-state index in [2.05, 4.69) is 10.6 Å². The monoisotopic (exact) mass is 398 g/mol. The molecule has 6 nitrogen and oxygen atoms in total. The Morgan fingerprint density at radius 2 is 1.62 bits per heavy atom. The summed E-state index contributed by atoms with van der Waals surface area (Å²) < 4.78 is 11.2. The SMILES string of the molecule is CCOc1ccc(C(C)NC(=O)C(C)NC(=O)c2cccc(C)c2)cc1OCC. The molecule has 0 fully saturated rings. The van der Waals surface area contributed by atoms with Gasteiger partial charge in [-0.15, -0.1) is 0 Å². The van der Waals surface area contributed by atoms with E-state index in [-0.39, 0.29) is 17.9 Å². The first-order valence-electron chi connectivity index (χ1n) is 9.93. The summed E-state index contributed by atoms with van der Waals surface area (Å²) in [6.07, 6.45) is 0. The molecule has 0 bridgehead atoms. The minimum Gasteiger partial charge on any atom is -0.490 e. The molecule has 0 radical (unpaired) electrons. The first kappa shape index (κ1) is 22.3. The van der Waals surface area contributed by atoms with Crippen molar-refractivity contribution in [3.05, 3.63) is 59.2 Å². The molecule has 6 heteroatoms. The quantitative estimate of drug-likeness (QED) is 0.674. The minimum absolute atomic E-state index is 0.254. The predicted molar refractivity (Wildman–Crippen MR) is 113 cm³/mol. The van der Waals surface area contributed by atoms with Gasteiger partial charge in [0.15, 0.2) is 11.5 Å². The molecule has 0 aliphatic heterocycles. The second kappa shape index (κ2) is 10.5. The molecule has 29 heavy (non-hydrogen) atoms. The van der Waals surface area contributed by atoms with Crippen LogP contribution in [-0.2, 0) is 4.79 Å². The highest BCUT2D eigenvalue weighted by Gasteiger charge is 2.20. The van der Waals surface area contributed by atoms with Crippen molar-refractivity contribution in [3.8, 4) is 11.5 Å². The summed E-state index contributed by atoms with van der Waals surface area (Å²) in [4.78, 5) is 24.9. The van der Waals surface area contributed by atoms with Gasteiger partial charge in [0.05, 0.1) is 19.3 Å². The van der Waals surface area contributed by atoms with Gasteiger partial charge < -0.3 is 20.1 Å². The fourth-order valence-electron chi connectivity index (χ4n) is 2.89. The molecule has 156 valence electrons. The maximum absolute atomic E-state index is 12.6. The van der Waals surface area contributed by atoms with Crippen molar-refractivity contribution in [2.45, 2.75) is 46.7 Å². The van der Waals surface area contributed by atoms with Crippen LogP contribution in [0.4, 0.5) is 0 Å². The van der Waals surface area contributed by atoms with Crippen molar-refractivity contribution < 1.29 is 19.1 Å². The number of aryl methyl sites for hydroxylation is 1. The molecule has 2 rings (SSSR count). The Morgan fingerprint density at radius 3 is 2.28 bits per heavy atom. The second-order valence-corrected chi connectivity index (χ2v) is 6.87. The van der Waals surface area contributed by atoms with Crippen LogP contribution >= 0.6 is 0 Å². The zero-order valence-corrected chi connectivity index (χ0v) is 17.7. The number of ether oxygens (including phenoxy) is 2. The van der Waals surface area contributed by atoms with Gasteiger partial charge in [-0.05, 0) is 64.4 Å². The second-order valence-electron chi connectivity index (χ2n) is 6.87. The van der Waals surface area contributed by atoms with E-state index in [0.29, 0.717) is 30.3 Å². The topological polar surface area (TPSA) is 76.7 Å². The molecule has 2 amide bonds. The van der Waals surface area contributed by atoms with E-state index < -0.39 is 6.04 Å². The van der Waals surface area contributed by atoms with E-state index in [9.17, 15) is 9.59 Å². The van der Waals surface area contributed by atoms with Gasteiger partial charge in [-0.25, -0.2) is 0 Å². The molecule has 2 atom stereocenters. The van der Waals surface area contributed by atoms with E-state index in [0.717, 1.165) is 11.1 Å². The van der Waals surface area contributed by atoms with Gasteiger partial charge in [0.2, 0.25) is 5.91 Å². The highest BCUT2D eigenvalue weighted by atomic mass is 16.5. The van der Waals surface area contributed by atoms with Gasteiger partial charge in [0.25, 0.3) is 5.91 Å². The summed E-state index contributed by atoms with van der Waals surface area (Å²) in [5.74, 6) is 0.790. The number of amides is 2. The molecule has 2 unspecified atom stereocenters. The number of carbonyl (C=O) groups excluding carboxylic acids is 2. The summed E-state index contributed by atoms with van der Waals surface area (Å²) >= 11 is 0. The van der Waals surface area contributed by atoms with E-state index in [1.165, 1.54) is 0 Å². The highest BCUT2D eigenvalue weighted by molar-refractivity contribution is 5.97. The highest BCUT2D eigenvalue weighted by Crippen LogP contribution is 2.30. The van der Waals surface area contributed by atoms with Crippen LogP contribution in [0.25, 0.3) is 0 Å². The smallest absolute Gasteiger partial charge is 0.251 e. The lowest BCUT2D eigenvalue weighted by atomic mass is 10.1. The molecule has 2 N–H and O–H groups in total. The fraction of sp³-hybridized carbons (Fsp3) is 0.391. The largest absolute Gasteiger partial charge is 0.490 e. The Bertz CT molecular complexity index is 851. The van der Waals surface area contributed by atoms with Crippen molar-refractivity contribution in [1.29, 1.82) is 0 Å². The summed E-state index contributed by atoms with van der Waals surface area (Å²) in [7, 11) is 0. The number of hydrogen-bond acceptors (Lipinski definition) is 4. The maximum atomic E-state index is 12.6. The van der Waals surface area contributed by atoms with E-state index >= 15 is 0 Å². The Morgan fingerprint density at radius 1 is 0.931 bits per heavy atom. The first-order chi connectivity index (χ1) is 13.8. The molecule has 0 heterocycles. The van der Waals surface area contributed by atoms with Crippen molar-refractivity contribution in [2.24, 2.45) is 0 Å². The molecule has 2 aromatic carbocycles. The molecule has 0 aliphatic carbocycles. The predicted octanol–water partition coefficient (Wildman–Crippen LogP) is 3.79. The average molecular weight is 399 g/mol. The zero-order chi connectivity index (χ0) is 21.4. The third-order valence-electron chi connectivity index (χ3n) is 4.45. The molecule has 2 aromatic rings. The summed E-state index contributed by atoms with van der Waals surface area (Å²) in [5.41, 5.74) is 2.41. The van der Waals surface area contributed by atoms with Gasteiger partial charge in [-0.1, -0.05) is 23.8 Å². The van der Waals surface area contributed by atoms with Gasteiger partial charge in [0, 0.05) is 5.56 Å². The number of hydrogen-bond donors (Lipinski definition) is 2. The lowest BCUT2D eigenvalue weighted by Gasteiger charge is -2.20. The lowest BCUT2D eigenvalue weighted by Crippen LogP contribution is -2.45. The molecule has 0 saturated carbocycles. The molecular weight excluding hydrogens is 368 g/mol. The lowest BCUT2D eigenvalue weighted by molar-refractivity contribution is -0.123. The molecule has 0 aliphatic rings. The third kappa shape index (κ3) is 6.24. The van der Waals surface area contributed by atoms with Crippen LogP contribution in [-0.4, -0.2) is 31.1 Å². The Labute approximate surface area is 172 Å². The normalized spacial score (nSPS) is 12.6. The summed E-state index contributed by atoms with van der Waals surface area (Å²) in [5, 5.41) is 5.68. The third-order valence-corrected chi connectivity index (χ3v) is 4.45. The van der Waals surface area contributed by atoms with Crippen LogP contribution in [0.15, 0.2) is 42.5 Å². The Balaban J connectivity index is 2.01. The van der Waals surface area contributed by atoms with Gasteiger partial charge in [0.1, 0.15) is 6.04 Å². The van der Waals surface area contributed by atoms with Crippen LogP contribution in [0.2, 0.25) is 0 Å². The summed E-state index contributed by atoms with van der Waals surface area (Å²) in [6.45, 7) is 10.4. The van der Waals surface area contributed by atoms with E-state index in [1.807, 2.05) is 58.0 Å². The van der Waals surface area contributed by atoms with Crippen molar-refractivity contribution in [2.75, 3.05) is 13.2 Å². The van der Waals surface area contributed by atoms with E-state index in [4.69, 9.17) is 9.47 Å². The van der Waals surface area contributed by atoms with Gasteiger partial charge in [-0.3, -0.25) is 9.59 Å². The molecule has 0 aromatic heterocycles. The average Bonchev–Trinajstić information content (AvgIpc) is 2.69. The molecular formula is C23H30N2O4. The maximum Gasteiger partial charge on any atom is 0.251 e. The molecule has 0 saturated heterocycles. The fourth-order valence-corrected chi connectivity index (χ4v) is 2.89. The van der Waals surface area contributed by atoms with Crippen molar-refractivity contribution in [1.82, 2.24) is 10.6 Å². The number of rotatable bonds is 9. The van der Waals surface area contributed by atoms with Gasteiger partial charge in [-0.2, -0.15) is 0 Å². The minimum atomic E-state index is -0.667. The zero-order valence-electron chi connectivity index (χ0n) is 17.7. The Kier molecular flexibility index (Phi) is 8.07. The summed E-state index contributed by atoms with van der Waals surface area (Å²) in [6, 6.07) is 11.9. The van der Waals surface area contributed by atoms with Crippen LogP contribution < -0.4 is 20.1 Å². The Hall–Kier alpha value is -3.02. The van der Waals surface area contributed by atoms with Crippen LogP contribution in [0.3, 0.4) is 0 Å². The number of benzene rings is 2. The number of carbonyl (C=O) groups is 2. The van der Waals surface area contributed by atoms with Crippen molar-refractivity contribution >= 4 is 11.8 Å². The van der Waals surface area contributed by atoms with E-state index in [1.54, 1.807) is 19.1 Å². The van der Waals surface area contributed by atoms with Crippen LogP contribution in [0.5, 0.6) is 11.5 Å². The van der Waals surface area contributed by atoms with Crippen LogP contribution in [0, 0.1) is 6.92 Å². The first-order valence-corrected chi connectivity index (χ1v) is 9.93. The van der Waals surface area contributed by atoms with Gasteiger partial charge >= 0.3 is 0 Å². The van der Waals surface area contributed by atoms with Crippen molar-refractivity contribution in [3.63, 3.8) is 0 Å². The standard InChI is InChI=1S/C23H30N2O4/c1-6-28-20-12-11-18(14-21(20)29-7-2)16(4)24-22(26)17(5)25-23(27)19-10-8-9-15(3)13-19/h8-14,16-17H,6-7H2,1-5H3,(H,24,26)(H,25,27). The number of nitrogens with one attached hydrogen (secondary N) is 2. The van der Waals surface area contributed by atoms with Crippen LogP contribution in [0.1, 0.15) is 55.2 Å². The molecule has 0 spiro atoms.